The van der Waals surface area contributed by atoms with Crippen LogP contribution in [0.15, 0.2) is 59.1 Å². The van der Waals surface area contributed by atoms with Crippen molar-refractivity contribution in [2.45, 2.75) is 19.4 Å². The van der Waals surface area contributed by atoms with Crippen molar-refractivity contribution in [1.82, 2.24) is 24.8 Å². The lowest BCUT2D eigenvalue weighted by Crippen LogP contribution is -2.18. The van der Waals surface area contributed by atoms with E-state index in [0.29, 0.717) is 35.2 Å². The largest absolute Gasteiger partial charge is 0.465 e. The Morgan fingerprint density at radius 1 is 0.917 bits per heavy atom. The first kappa shape index (κ1) is 23.4. The van der Waals surface area contributed by atoms with Crippen LogP contribution in [0.4, 0.5) is 0 Å². The van der Waals surface area contributed by atoms with Crippen LogP contribution < -0.4 is 0 Å². The molecule has 0 spiro atoms. The minimum atomic E-state index is -0.702. The minimum Gasteiger partial charge on any atom is -0.465 e. The number of methoxy groups -OCH3 is 2. The number of hydrogen-bond acceptors (Lipinski definition) is 9. The predicted molar refractivity (Wildman–Crippen MR) is 129 cm³/mol. The first-order valence-electron chi connectivity index (χ1n) is 11.6. The maximum absolute atomic E-state index is 12.8. The lowest BCUT2D eigenvalue weighted by molar-refractivity contribution is 0.0549. The normalized spacial score (nSPS) is 13.6. The Bertz CT molecular complexity index is 1370. The van der Waals surface area contributed by atoms with Gasteiger partial charge in [0.25, 0.3) is 0 Å². The molecule has 10 heteroatoms. The SMILES string of the molecule is COC(=O)c1c(-c2ccc(-c3noc(CN4CCCC4)n3)cc2)nn(-c2ccccc2)c1C(=O)OC. The summed E-state index contributed by atoms with van der Waals surface area (Å²) >= 11 is 0. The summed E-state index contributed by atoms with van der Waals surface area (Å²) in [6, 6.07) is 16.3. The first-order chi connectivity index (χ1) is 17.6. The van der Waals surface area contributed by atoms with Gasteiger partial charge in [-0.2, -0.15) is 10.1 Å². The molecule has 10 nitrogen and oxygen atoms in total. The summed E-state index contributed by atoms with van der Waals surface area (Å²) in [4.78, 5) is 32.4. The molecule has 0 radical (unpaired) electrons. The summed E-state index contributed by atoms with van der Waals surface area (Å²) in [7, 11) is 2.51. The lowest BCUT2D eigenvalue weighted by atomic mass is 10.0. The minimum absolute atomic E-state index is 0.0145. The van der Waals surface area contributed by atoms with Crippen molar-refractivity contribution < 1.29 is 23.6 Å². The molecule has 3 heterocycles. The fourth-order valence-electron chi connectivity index (χ4n) is 4.30. The summed E-state index contributed by atoms with van der Waals surface area (Å²) in [5.41, 5.74) is 2.27. The van der Waals surface area contributed by atoms with Crippen molar-refractivity contribution in [3.05, 3.63) is 71.7 Å². The highest BCUT2D eigenvalue weighted by Gasteiger charge is 2.31. The Kier molecular flexibility index (Phi) is 6.59. The van der Waals surface area contributed by atoms with Crippen LogP contribution in [0.2, 0.25) is 0 Å². The average Bonchev–Trinajstić information content (AvgIpc) is 3.69. The van der Waals surface area contributed by atoms with Crippen molar-refractivity contribution in [2.24, 2.45) is 0 Å². The Morgan fingerprint density at radius 2 is 1.58 bits per heavy atom. The second-order valence-corrected chi connectivity index (χ2v) is 8.38. The van der Waals surface area contributed by atoms with E-state index in [-0.39, 0.29) is 11.3 Å². The molecule has 5 rings (SSSR count). The van der Waals surface area contributed by atoms with E-state index in [2.05, 4.69) is 20.1 Å². The molecule has 4 aromatic rings. The number of hydrogen-bond donors (Lipinski definition) is 0. The summed E-state index contributed by atoms with van der Waals surface area (Å²) in [5, 5.41) is 8.73. The summed E-state index contributed by atoms with van der Waals surface area (Å²) in [5.74, 6) is -0.337. The Hall–Kier alpha value is -4.31. The maximum Gasteiger partial charge on any atom is 0.357 e. The molecule has 1 fully saturated rings. The van der Waals surface area contributed by atoms with Crippen LogP contribution in [-0.4, -0.2) is 64.1 Å². The third kappa shape index (κ3) is 4.50. The van der Waals surface area contributed by atoms with Gasteiger partial charge in [0, 0.05) is 11.1 Å². The van der Waals surface area contributed by atoms with Crippen molar-refractivity contribution >= 4 is 11.9 Å². The van der Waals surface area contributed by atoms with Crippen LogP contribution in [0.3, 0.4) is 0 Å². The van der Waals surface area contributed by atoms with E-state index in [1.54, 1.807) is 24.3 Å². The smallest absolute Gasteiger partial charge is 0.357 e. The fourth-order valence-corrected chi connectivity index (χ4v) is 4.30. The molecule has 2 aromatic carbocycles. The van der Waals surface area contributed by atoms with Gasteiger partial charge in [-0.25, -0.2) is 14.3 Å². The van der Waals surface area contributed by atoms with Crippen molar-refractivity contribution in [2.75, 3.05) is 27.3 Å². The van der Waals surface area contributed by atoms with E-state index in [1.165, 1.54) is 31.7 Å². The Labute approximate surface area is 207 Å². The molecule has 0 aliphatic carbocycles. The number of carbonyl (C=O) groups excluding carboxylic acids is 2. The molecular formula is C26H25N5O5. The van der Waals surface area contributed by atoms with Gasteiger partial charge in [-0.05, 0) is 38.1 Å². The first-order valence-corrected chi connectivity index (χ1v) is 11.6. The average molecular weight is 488 g/mol. The van der Waals surface area contributed by atoms with Crippen LogP contribution in [0.1, 0.15) is 39.6 Å². The Morgan fingerprint density at radius 3 is 2.25 bits per heavy atom. The van der Waals surface area contributed by atoms with E-state index < -0.39 is 11.9 Å². The van der Waals surface area contributed by atoms with E-state index in [4.69, 9.17) is 14.0 Å². The third-order valence-electron chi connectivity index (χ3n) is 6.10. The van der Waals surface area contributed by atoms with E-state index in [1.807, 2.05) is 30.3 Å². The van der Waals surface area contributed by atoms with E-state index in [0.717, 1.165) is 18.7 Å². The summed E-state index contributed by atoms with van der Waals surface area (Å²) < 4.78 is 16.8. The quantitative estimate of drug-likeness (QED) is 0.360. The molecule has 0 atom stereocenters. The van der Waals surface area contributed by atoms with Gasteiger partial charge in [-0.1, -0.05) is 47.6 Å². The number of rotatable bonds is 7. The molecule has 0 bridgehead atoms. The number of likely N-dealkylation sites (tertiary alicyclic amines) is 1. The topological polar surface area (TPSA) is 113 Å². The monoisotopic (exact) mass is 487 g/mol. The van der Waals surface area contributed by atoms with Crippen molar-refractivity contribution in [3.8, 4) is 28.3 Å². The van der Waals surface area contributed by atoms with Gasteiger partial charge >= 0.3 is 11.9 Å². The van der Waals surface area contributed by atoms with Crippen LogP contribution in [0.25, 0.3) is 28.3 Å². The second kappa shape index (κ2) is 10.1. The van der Waals surface area contributed by atoms with Crippen LogP contribution in [0, 0.1) is 0 Å². The van der Waals surface area contributed by atoms with Gasteiger partial charge < -0.3 is 14.0 Å². The van der Waals surface area contributed by atoms with Gasteiger partial charge in [-0.15, -0.1) is 0 Å². The fraction of sp³-hybridized carbons (Fsp3) is 0.269. The number of nitrogens with zero attached hydrogens (tertiary/aromatic N) is 5. The standard InChI is InChI=1S/C26H25N5O5/c1-34-25(32)21-22(28-31(23(21)26(33)35-2)19-8-4-3-5-9-19)17-10-12-18(13-11-17)24-27-20(36-29-24)16-30-14-6-7-15-30/h3-5,8-13H,6-7,14-16H2,1-2H3. The molecule has 36 heavy (non-hydrogen) atoms. The van der Waals surface area contributed by atoms with Gasteiger partial charge in [-0.3, -0.25) is 4.90 Å². The van der Waals surface area contributed by atoms with Crippen molar-refractivity contribution in [3.63, 3.8) is 0 Å². The zero-order valence-electron chi connectivity index (χ0n) is 20.0. The molecule has 0 unspecified atom stereocenters. The number of benzene rings is 2. The molecule has 1 aliphatic heterocycles. The van der Waals surface area contributed by atoms with Crippen LogP contribution in [-0.2, 0) is 16.0 Å². The van der Waals surface area contributed by atoms with E-state index >= 15 is 0 Å². The predicted octanol–water partition coefficient (Wildman–Crippen LogP) is 3.76. The molecule has 0 amide bonds. The highest BCUT2D eigenvalue weighted by atomic mass is 16.5. The molecule has 1 aliphatic rings. The van der Waals surface area contributed by atoms with Crippen molar-refractivity contribution in [1.29, 1.82) is 0 Å². The molecule has 184 valence electrons. The highest BCUT2D eigenvalue weighted by Crippen LogP contribution is 2.30. The number of aromatic nitrogens is 4. The molecule has 1 saturated heterocycles. The van der Waals surface area contributed by atoms with Gasteiger partial charge in [0.15, 0.2) is 5.69 Å². The maximum atomic E-state index is 12.8. The molecular weight excluding hydrogens is 462 g/mol. The lowest BCUT2D eigenvalue weighted by Gasteiger charge is -2.09. The zero-order valence-corrected chi connectivity index (χ0v) is 20.0. The van der Waals surface area contributed by atoms with Gasteiger partial charge in [0.2, 0.25) is 11.7 Å². The number of esters is 2. The third-order valence-corrected chi connectivity index (χ3v) is 6.10. The number of para-hydroxylation sites is 1. The van der Waals surface area contributed by atoms with Gasteiger partial charge in [0.05, 0.1) is 26.5 Å². The Balaban J connectivity index is 1.52. The van der Waals surface area contributed by atoms with Crippen LogP contribution in [0.5, 0.6) is 0 Å². The molecule has 2 aromatic heterocycles. The van der Waals surface area contributed by atoms with Crippen LogP contribution >= 0.6 is 0 Å². The van der Waals surface area contributed by atoms with Gasteiger partial charge in [0.1, 0.15) is 11.3 Å². The number of ether oxygens (including phenoxy) is 2. The molecule has 0 saturated carbocycles. The highest BCUT2D eigenvalue weighted by molar-refractivity contribution is 6.06. The summed E-state index contributed by atoms with van der Waals surface area (Å²) in [6.07, 6.45) is 2.38. The zero-order chi connectivity index (χ0) is 25.1. The number of carbonyl (C=O) groups is 2. The van der Waals surface area contributed by atoms with E-state index in [9.17, 15) is 9.59 Å². The summed E-state index contributed by atoms with van der Waals surface area (Å²) in [6.45, 7) is 2.72. The molecule has 0 N–H and O–H groups in total. The second-order valence-electron chi connectivity index (χ2n) is 8.38.